The van der Waals surface area contributed by atoms with Crippen molar-refractivity contribution in [2.24, 2.45) is 0 Å². The van der Waals surface area contributed by atoms with Crippen LogP contribution in [0.2, 0.25) is 0 Å². The second-order valence-corrected chi connectivity index (χ2v) is 5.51. The number of hydrogen-bond acceptors (Lipinski definition) is 4. The number of pyridine rings is 1. The van der Waals surface area contributed by atoms with Gasteiger partial charge in [-0.05, 0) is 49.6 Å². The summed E-state index contributed by atoms with van der Waals surface area (Å²) in [5, 5.41) is 6.22. The fraction of sp³-hybridized carbons (Fsp3) is 0.294. The van der Waals surface area contributed by atoms with Gasteiger partial charge in [0.1, 0.15) is 11.4 Å². The zero-order chi connectivity index (χ0) is 15.5. The van der Waals surface area contributed by atoms with Gasteiger partial charge < -0.3 is 15.4 Å². The molecule has 5 heteroatoms. The van der Waals surface area contributed by atoms with Gasteiger partial charge in [-0.2, -0.15) is 0 Å². The Morgan fingerprint density at radius 3 is 2.82 bits per heavy atom. The van der Waals surface area contributed by atoms with Crippen LogP contribution in [0, 0.1) is 6.92 Å². The maximum atomic E-state index is 12.1. The zero-order valence-corrected chi connectivity index (χ0v) is 12.7. The number of nitrogens with zero attached hydrogens (tertiary/aromatic N) is 1. The summed E-state index contributed by atoms with van der Waals surface area (Å²) in [6.45, 7) is 2.02. The molecule has 0 saturated heterocycles. The molecule has 1 fully saturated rings. The van der Waals surface area contributed by atoms with Gasteiger partial charge in [0.25, 0.3) is 5.91 Å². The molecule has 1 aliphatic rings. The molecule has 2 N–H and O–H groups in total. The van der Waals surface area contributed by atoms with Crippen LogP contribution in [0.3, 0.4) is 0 Å². The van der Waals surface area contributed by atoms with Crippen molar-refractivity contribution in [1.82, 2.24) is 10.3 Å². The summed E-state index contributed by atoms with van der Waals surface area (Å²) in [6.07, 6.45) is 3.75. The van der Waals surface area contributed by atoms with E-state index in [-0.39, 0.29) is 5.91 Å². The van der Waals surface area contributed by atoms with Crippen LogP contribution in [-0.2, 0) is 0 Å². The van der Waals surface area contributed by atoms with Crippen molar-refractivity contribution in [2.45, 2.75) is 25.8 Å². The Morgan fingerprint density at radius 1 is 1.27 bits per heavy atom. The number of amides is 1. The van der Waals surface area contributed by atoms with Crippen molar-refractivity contribution < 1.29 is 9.53 Å². The van der Waals surface area contributed by atoms with Gasteiger partial charge >= 0.3 is 0 Å². The molecule has 1 amide bonds. The van der Waals surface area contributed by atoms with Crippen LogP contribution >= 0.6 is 0 Å². The SMILES string of the molecule is COc1ccc(C)cc1Nc1ccnc(C(=O)NC2CC2)c1. The predicted molar refractivity (Wildman–Crippen MR) is 85.7 cm³/mol. The molecule has 1 aliphatic carbocycles. The number of methoxy groups -OCH3 is 1. The van der Waals surface area contributed by atoms with Crippen LogP contribution in [0.5, 0.6) is 5.75 Å². The number of aryl methyl sites for hydroxylation is 1. The molecule has 1 heterocycles. The third kappa shape index (κ3) is 3.36. The van der Waals surface area contributed by atoms with E-state index in [1.54, 1.807) is 19.4 Å². The van der Waals surface area contributed by atoms with E-state index in [0.29, 0.717) is 11.7 Å². The molecule has 2 aromatic rings. The molecular formula is C17H19N3O2. The molecule has 5 nitrogen and oxygen atoms in total. The van der Waals surface area contributed by atoms with E-state index >= 15 is 0 Å². The number of hydrogen-bond donors (Lipinski definition) is 2. The fourth-order valence-corrected chi connectivity index (χ4v) is 2.19. The maximum absolute atomic E-state index is 12.1. The first kappa shape index (κ1) is 14.4. The normalized spacial score (nSPS) is 13.5. The van der Waals surface area contributed by atoms with E-state index in [1.807, 2.05) is 31.2 Å². The van der Waals surface area contributed by atoms with Crippen LogP contribution in [0.15, 0.2) is 36.5 Å². The van der Waals surface area contributed by atoms with E-state index in [0.717, 1.165) is 35.5 Å². The molecule has 0 radical (unpaired) electrons. The molecule has 3 rings (SSSR count). The van der Waals surface area contributed by atoms with Crippen molar-refractivity contribution in [3.05, 3.63) is 47.8 Å². The molecule has 1 aromatic carbocycles. The average molecular weight is 297 g/mol. The molecule has 0 bridgehead atoms. The molecule has 22 heavy (non-hydrogen) atoms. The number of ether oxygens (including phenoxy) is 1. The fourth-order valence-electron chi connectivity index (χ4n) is 2.19. The Bertz CT molecular complexity index is 696. The monoisotopic (exact) mass is 297 g/mol. The third-order valence-electron chi connectivity index (χ3n) is 3.54. The van der Waals surface area contributed by atoms with Gasteiger partial charge in [0.2, 0.25) is 0 Å². The highest BCUT2D eigenvalue weighted by Crippen LogP contribution is 2.28. The maximum Gasteiger partial charge on any atom is 0.270 e. The number of nitrogens with one attached hydrogen (secondary N) is 2. The highest BCUT2D eigenvalue weighted by Gasteiger charge is 2.24. The Hall–Kier alpha value is -2.56. The zero-order valence-electron chi connectivity index (χ0n) is 12.7. The lowest BCUT2D eigenvalue weighted by Gasteiger charge is -2.12. The first-order chi connectivity index (χ1) is 10.7. The predicted octanol–water partition coefficient (Wildman–Crippen LogP) is 3.03. The first-order valence-corrected chi connectivity index (χ1v) is 7.34. The Labute approximate surface area is 129 Å². The second-order valence-electron chi connectivity index (χ2n) is 5.51. The summed E-state index contributed by atoms with van der Waals surface area (Å²) in [5.41, 5.74) is 3.22. The largest absolute Gasteiger partial charge is 0.495 e. The van der Waals surface area contributed by atoms with Gasteiger partial charge in [0, 0.05) is 17.9 Å². The molecule has 0 atom stereocenters. The molecule has 0 spiro atoms. The second kappa shape index (κ2) is 6.05. The highest BCUT2D eigenvalue weighted by atomic mass is 16.5. The van der Waals surface area contributed by atoms with Gasteiger partial charge in [-0.3, -0.25) is 9.78 Å². The highest BCUT2D eigenvalue weighted by molar-refractivity contribution is 5.93. The third-order valence-corrected chi connectivity index (χ3v) is 3.54. The number of aromatic nitrogens is 1. The quantitative estimate of drug-likeness (QED) is 0.890. The van der Waals surface area contributed by atoms with Gasteiger partial charge in [-0.1, -0.05) is 6.07 Å². The Kier molecular flexibility index (Phi) is 3.96. The smallest absolute Gasteiger partial charge is 0.270 e. The number of carbonyl (C=O) groups is 1. The van der Waals surface area contributed by atoms with E-state index < -0.39 is 0 Å². The number of anilines is 2. The lowest BCUT2D eigenvalue weighted by Crippen LogP contribution is -2.26. The molecule has 1 saturated carbocycles. The van der Waals surface area contributed by atoms with Crippen LogP contribution in [-0.4, -0.2) is 24.0 Å². The average Bonchev–Trinajstić information content (AvgIpc) is 3.32. The topological polar surface area (TPSA) is 63.2 Å². The van der Waals surface area contributed by atoms with E-state index in [1.165, 1.54) is 0 Å². The van der Waals surface area contributed by atoms with Crippen molar-refractivity contribution in [3.8, 4) is 5.75 Å². The van der Waals surface area contributed by atoms with E-state index in [9.17, 15) is 4.79 Å². The lowest BCUT2D eigenvalue weighted by molar-refractivity contribution is 0.0946. The summed E-state index contributed by atoms with van der Waals surface area (Å²) < 4.78 is 5.35. The van der Waals surface area contributed by atoms with Gasteiger partial charge in [0.15, 0.2) is 0 Å². The lowest BCUT2D eigenvalue weighted by atomic mass is 10.2. The minimum atomic E-state index is -0.123. The van der Waals surface area contributed by atoms with Crippen LogP contribution in [0.4, 0.5) is 11.4 Å². The van der Waals surface area contributed by atoms with Gasteiger partial charge in [0.05, 0.1) is 12.8 Å². The molecule has 1 aromatic heterocycles. The Morgan fingerprint density at radius 2 is 2.09 bits per heavy atom. The molecule has 0 unspecified atom stereocenters. The van der Waals surface area contributed by atoms with Gasteiger partial charge in [-0.15, -0.1) is 0 Å². The number of rotatable bonds is 5. The van der Waals surface area contributed by atoms with Crippen LogP contribution in [0.25, 0.3) is 0 Å². The van der Waals surface area contributed by atoms with E-state index in [2.05, 4.69) is 15.6 Å². The van der Waals surface area contributed by atoms with Gasteiger partial charge in [-0.25, -0.2) is 0 Å². The summed E-state index contributed by atoms with van der Waals surface area (Å²) >= 11 is 0. The molecule has 114 valence electrons. The molecule has 0 aliphatic heterocycles. The minimum Gasteiger partial charge on any atom is -0.495 e. The van der Waals surface area contributed by atoms with Crippen LogP contribution < -0.4 is 15.4 Å². The van der Waals surface area contributed by atoms with Crippen molar-refractivity contribution in [2.75, 3.05) is 12.4 Å². The summed E-state index contributed by atoms with van der Waals surface area (Å²) in [5.74, 6) is 0.633. The Balaban J connectivity index is 1.80. The van der Waals surface area contributed by atoms with E-state index in [4.69, 9.17) is 4.74 Å². The standard InChI is InChI=1S/C17H19N3O2/c1-11-3-6-16(22-2)14(9-11)19-13-7-8-18-15(10-13)17(21)20-12-4-5-12/h3,6-10,12H,4-5H2,1-2H3,(H,18,19)(H,20,21). The molecular weight excluding hydrogens is 278 g/mol. The number of benzene rings is 1. The van der Waals surface area contributed by atoms with Crippen molar-refractivity contribution in [1.29, 1.82) is 0 Å². The number of carbonyl (C=O) groups excluding carboxylic acids is 1. The van der Waals surface area contributed by atoms with Crippen molar-refractivity contribution >= 4 is 17.3 Å². The van der Waals surface area contributed by atoms with Crippen molar-refractivity contribution in [3.63, 3.8) is 0 Å². The van der Waals surface area contributed by atoms with Crippen LogP contribution in [0.1, 0.15) is 28.9 Å². The summed E-state index contributed by atoms with van der Waals surface area (Å²) in [7, 11) is 1.64. The first-order valence-electron chi connectivity index (χ1n) is 7.34. The minimum absolute atomic E-state index is 0.123. The summed E-state index contributed by atoms with van der Waals surface area (Å²) in [4.78, 5) is 16.2. The summed E-state index contributed by atoms with van der Waals surface area (Å²) in [6, 6.07) is 9.81.